The third kappa shape index (κ3) is 3.43. The highest BCUT2D eigenvalue weighted by Crippen LogP contribution is 2.17. The highest BCUT2D eigenvalue weighted by Gasteiger charge is 2.11. The van der Waals surface area contributed by atoms with Gasteiger partial charge in [-0.2, -0.15) is 5.10 Å². The van der Waals surface area contributed by atoms with E-state index in [4.69, 9.17) is 4.74 Å². The van der Waals surface area contributed by atoms with Gasteiger partial charge in [-0.3, -0.25) is 4.79 Å². The summed E-state index contributed by atoms with van der Waals surface area (Å²) >= 11 is 0. The summed E-state index contributed by atoms with van der Waals surface area (Å²) in [4.78, 5) is 16.2. The fourth-order valence-corrected chi connectivity index (χ4v) is 2.36. The first-order chi connectivity index (χ1) is 11.7. The van der Waals surface area contributed by atoms with E-state index in [-0.39, 0.29) is 11.9 Å². The van der Waals surface area contributed by atoms with E-state index >= 15 is 0 Å². The molecule has 0 spiro atoms. The first kappa shape index (κ1) is 15.7. The molecule has 0 aliphatic rings. The largest absolute Gasteiger partial charge is 0.497 e. The first-order valence-corrected chi connectivity index (χ1v) is 7.57. The minimum atomic E-state index is -0.120. The van der Waals surface area contributed by atoms with Crippen LogP contribution >= 0.6 is 0 Å². The lowest BCUT2D eigenvalue weighted by atomic mass is 10.1. The topological polar surface area (TPSA) is 69.0 Å². The molecule has 0 radical (unpaired) electrons. The van der Waals surface area contributed by atoms with Gasteiger partial charge in [0.05, 0.1) is 18.8 Å². The third-order valence-electron chi connectivity index (χ3n) is 3.78. The van der Waals surface area contributed by atoms with Crippen LogP contribution in [0.1, 0.15) is 28.9 Å². The maximum atomic E-state index is 12.3. The van der Waals surface area contributed by atoms with Gasteiger partial charge in [-0.05, 0) is 48.9 Å². The molecule has 0 aliphatic carbocycles. The van der Waals surface area contributed by atoms with Crippen LogP contribution in [0.15, 0.2) is 61.2 Å². The van der Waals surface area contributed by atoms with Gasteiger partial charge in [-0.15, -0.1) is 0 Å². The molecule has 1 aromatic heterocycles. The van der Waals surface area contributed by atoms with Gasteiger partial charge in [-0.1, -0.05) is 12.1 Å². The monoisotopic (exact) mass is 322 g/mol. The van der Waals surface area contributed by atoms with Crippen molar-refractivity contribution in [2.75, 3.05) is 7.11 Å². The fourth-order valence-electron chi connectivity index (χ4n) is 2.36. The predicted octanol–water partition coefficient (Wildman–Crippen LogP) is 2.77. The van der Waals surface area contributed by atoms with E-state index in [1.165, 1.54) is 6.33 Å². The number of hydrogen-bond donors (Lipinski definition) is 1. The van der Waals surface area contributed by atoms with Crippen molar-refractivity contribution in [2.24, 2.45) is 0 Å². The van der Waals surface area contributed by atoms with E-state index in [9.17, 15) is 4.79 Å². The summed E-state index contributed by atoms with van der Waals surface area (Å²) in [5, 5.41) is 7.08. The number of amides is 1. The second-order valence-corrected chi connectivity index (χ2v) is 5.36. The molecule has 3 rings (SSSR count). The Morgan fingerprint density at radius 3 is 2.42 bits per heavy atom. The first-order valence-electron chi connectivity index (χ1n) is 7.57. The SMILES string of the molecule is COc1ccc(C(=O)NC(C)c2ccc(-n3cncn3)cc2)cc1. The van der Waals surface area contributed by atoms with E-state index in [0.717, 1.165) is 17.0 Å². The third-order valence-corrected chi connectivity index (χ3v) is 3.78. The quantitative estimate of drug-likeness (QED) is 0.784. The van der Waals surface area contributed by atoms with Crippen LogP contribution in [0.2, 0.25) is 0 Å². The fraction of sp³-hybridized carbons (Fsp3) is 0.167. The van der Waals surface area contributed by atoms with Crippen LogP contribution in [-0.2, 0) is 0 Å². The van der Waals surface area contributed by atoms with Gasteiger partial charge < -0.3 is 10.1 Å². The molecule has 0 aliphatic heterocycles. The number of aromatic nitrogens is 3. The number of methoxy groups -OCH3 is 1. The van der Waals surface area contributed by atoms with Gasteiger partial charge in [0.25, 0.3) is 5.91 Å². The van der Waals surface area contributed by atoms with Crippen LogP contribution in [0.25, 0.3) is 5.69 Å². The zero-order chi connectivity index (χ0) is 16.9. The standard InChI is InChI=1S/C18H18N4O2/c1-13(21-18(23)15-5-9-17(24-2)10-6-15)14-3-7-16(8-4-14)22-12-19-11-20-22/h3-13H,1-2H3,(H,21,23). The summed E-state index contributed by atoms with van der Waals surface area (Å²) < 4.78 is 6.78. The van der Waals surface area contributed by atoms with Gasteiger partial charge in [-0.25, -0.2) is 9.67 Å². The maximum absolute atomic E-state index is 12.3. The van der Waals surface area contributed by atoms with Crippen molar-refractivity contribution >= 4 is 5.91 Å². The summed E-state index contributed by atoms with van der Waals surface area (Å²) in [5.74, 6) is 0.605. The number of rotatable bonds is 5. The van der Waals surface area contributed by atoms with E-state index in [1.807, 2.05) is 31.2 Å². The zero-order valence-electron chi connectivity index (χ0n) is 13.5. The van der Waals surface area contributed by atoms with Gasteiger partial charge in [0.2, 0.25) is 0 Å². The molecule has 0 fully saturated rings. The molecule has 1 heterocycles. The van der Waals surface area contributed by atoms with Crippen LogP contribution < -0.4 is 10.1 Å². The highest BCUT2D eigenvalue weighted by atomic mass is 16.5. The minimum absolute atomic E-state index is 0.107. The molecule has 3 aromatic rings. The normalized spacial score (nSPS) is 11.8. The summed E-state index contributed by atoms with van der Waals surface area (Å²) in [6.45, 7) is 1.95. The Labute approximate surface area is 140 Å². The van der Waals surface area contributed by atoms with Crippen molar-refractivity contribution in [3.8, 4) is 11.4 Å². The van der Waals surface area contributed by atoms with Crippen LogP contribution in [0.3, 0.4) is 0 Å². The number of carbonyl (C=O) groups is 1. The lowest BCUT2D eigenvalue weighted by Gasteiger charge is -2.15. The van der Waals surface area contributed by atoms with E-state index < -0.39 is 0 Å². The molecule has 6 heteroatoms. The summed E-state index contributed by atoms with van der Waals surface area (Å²) in [6.07, 6.45) is 3.13. The zero-order valence-corrected chi connectivity index (χ0v) is 13.5. The molecule has 1 atom stereocenters. The Kier molecular flexibility index (Phi) is 4.56. The number of hydrogen-bond acceptors (Lipinski definition) is 4. The molecular formula is C18H18N4O2. The van der Waals surface area contributed by atoms with Crippen LogP contribution in [0, 0.1) is 0 Å². The average Bonchev–Trinajstić information content (AvgIpc) is 3.16. The Morgan fingerprint density at radius 1 is 1.12 bits per heavy atom. The van der Waals surface area contributed by atoms with E-state index in [0.29, 0.717) is 5.56 Å². The number of ether oxygens (including phenoxy) is 1. The van der Waals surface area contributed by atoms with Crippen molar-refractivity contribution in [1.29, 1.82) is 0 Å². The Morgan fingerprint density at radius 2 is 1.83 bits per heavy atom. The number of nitrogens with zero attached hydrogens (tertiary/aromatic N) is 3. The van der Waals surface area contributed by atoms with Crippen molar-refractivity contribution in [3.63, 3.8) is 0 Å². The van der Waals surface area contributed by atoms with Crippen LogP contribution in [0.4, 0.5) is 0 Å². The molecule has 1 unspecified atom stereocenters. The molecule has 122 valence electrons. The van der Waals surface area contributed by atoms with Gasteiger partial charge in [0, 0.05) is 5.56 Å². The van der Waals surface area contributed by atoms with E-state index in [2.05, 4.69) is 15.4 Å². The molecular weight excluding hydrogens is 304 g/mol. The van der Waals surface area contributed by atoms with Crippen molar-refractivity contribution in [1.82, 2.24) is 20.1 Å². The number of benzene rings is 2. The van der Waals surface area contributed by atoms with Crippen molar-refractivity contribution < 1.29 is 9.53 Å². The predicted molar refractivity (Wildman–Crippen MR) is 90.2 cm³/mol. The maximum Gasteiger partial charge on any atom is 0.251 e. The summed E-state index contributed by atoms with van der Waals surface area (Å²) in [6, 6.07) is 14.7. The van der Waals surface area contributed by atoms with E-state index in [1.54, 1.807) is 42.4 Å². The number of nitrogens with one attached hydrogen (secondary N) is 1. The lowest BCUT2D eigenvalue weighted by Crippen LogP contribution is -2.26. The second-order valence-electron chi connectivity index (χ2n) is 5.36. The molecule has 24 heavy (non-hydrogen) atoms. The van der Waals surface area contributed by atoms with Gasteiger partial charge in [0.15, 0.2) is 0 Å². The molecule has 6 nitrogen and oxygen atoms in total. The Balaban J connectivity index is 1.67. The lowest BCUT2D eigenvalue weighted by molar-refractivity contribution is 0.0940. The second kappa shape index (κ2) is 6.95. The molecule has 0 bridgehead atoms. The molecule has 0 saturated heterocycles. The number of carbonyl (C=O) groups excluding carboxylic acids is 1. The Hall–Kier alpha value is -3.15. The molecule has 2 aromatic carbocycles. The average molecular weight is 322 g/mol. The Bertz CT molecular complexity index is 796. The van der Waals surface area contributed by atoms with Crippen molar-refractivity contribution in [3.05, 3.63) is 72.3 Å². The molecule has 1 amide bonds. The summed E-state index contributed by atoms with van der Waals surface area (Å²) in [5.41, 5.74) is 2.53. The van der Waals surface area contributed by atoms with Gasteiger partial charge in [0.1, 0.15) is 18.4 Å². The smallest absolute Gasteiger partial charge is 0.251 e. The highest BCUT2D eigenvalue weighted by molar-refractivity contribution is 5.94. The summed E-state index contributed by atoms with van der Waals surface area (Å²) in [7, 11) is 1.60. The van der Waals surface area contributed by atoms with Crippen molar-refractivity contribution in [2.45, 2.75) is 13.0 Å². The minimum Gasteiger partial charge on any atom is -0.497 e. The molecule has 0 saturated carbocycles. The van der Waals surface area contributed by atoms with Crippen LogP contribution in [-0.4, -0.2) is 27.8 Å². The van der Waals surface area contributed by atoms with Crippen LogP contribution in [0.5, 0.6) is 5.75 Å². The van der Waals surface area contributed by atoms with Gasteiger partial charge >= 0.3 is 0 Å². The molecule has 1 N–H and O–H groups in total.